The van der Waals surface area contributed by atoms with Gasteiger partial charge in [0.05, 0.1) is 0 Å². The molecular formula is C11H11BrN2O2. The molecule has 2 N–H and O–H groups in total. The van der Waals surface area contributed by atoms with Crippen molar-refractivity contribution in [3.05, 3.63) is 28.7 Å². The fourth-order valence-corrected chi connectivity index (χ4v) is 1.84. The van der Waals surface area contributed by atoms with Crippen molar-refractivity contribution in [1.29, 1.82) is 0 Å². The summed E-state index contributed by atoms with van der Waals surface area (Å²) in [5, 5.41) is 5.38. The van der Waals surface area contributed by atoms with Gasteiger partial charge in [-0.2, -0.15) is 0 Å². The predicted molar refractivity (Wildman–Crippen MR) is 63.9 cm³/mol. The lowest BCUT2D eigenvalue weighted by molar-refractivity contribution is -0.122. The molecule has 0 saturated carbocycles. The molecule has 1 aliphatic rings. The third kappa shape index (κ3) is 2.61. The Labute approximate surface area is 102 Å². The van der Waals surface area contributed by atoms with Gasteiger partial charge in [-0.3, -0.25) is 9.59 Å². The quantitative estimate of drug-likeness (QED) is 0.867. The zero-order valence-corrected chi connectivity index (χ0v) is 10.1. The van der Waals surface area contributed by atoms with Crippen molar-refractivity contribution in [2.45, 2.75) is 18.9 Å². The number of rotatable bonds is 2. The highest BCUT2D eigenvalue weighted by molar-refractivity contribution is 9.10. The average Bonchev–Trinajstić information content (AvgIpc) is 2.68. The second-order valence-electron chi connectivity index (χ2n) is 3.65. The number of carbonyl (C=O) groups is 2. The van der Waals surface area contributed by atoms with E-state index in [9.17, 15) is 9.59 Å². The van der Waals surface area contributed by atoms with Gasteiger partial charge in [-0.1, -0.05) is 15.9 Å². The summed E-state index contributed by atoms with van der Waals surface area (Å²) in [6, 6.07) is 6.92. The molecule has 84 valence electrons. The van der Waals surface area contributed by atoms with Gasteiger partial charge in [0.1, 0.15) is 6.04 Å². The summed E-state index contributed by atoms with van der Waals surface area (Å²) in [5.74, 6) is -0.218. The van der Waals surface area contributed by atoms with Crippen LogP contribution in [0.1, 0.15) is 12.8 Å². The van der Waals surface area contributed by atoms with E-state index < -0.39 is 6.04 Å². The first-order valence-electron chi connectivity index (χ1n) is 5.01. The van der Waals surface area contributed by atoms with Crippen LogP contribution in [0.3, 0.4) is 0 Å². The van der Waals surface area contributed by atoms with Crippen molar-refractivity contribution < 1.29 is 9.59 Å². The zero-order valence-electron chi connectivity index (χ0n) is 8.50. The first kappa shape index (κ1) is 11.1. The van der Waals surface area contributed by atoms with Crippen molar-refractivity contribution in [2.75, 3.05) is 5.32 Å². The van der Waals surface area contributed by atoms with Crippen molar-refractivity contribution >= 4 is 33.4 Å². The summed E-state index contributed by atoms with van der Waals surface area (Å²) >= 11 is 3.32. The van der Waals surface area contributed by atoms with E-state index >= 15 is 0 Å². The number of hydrogen-bond acceptors (Lipinski definition) is 2. The van der Waals surface area contributed by atoms with Gasteiger partial charge in [-0.15, -0.1) is 0 Å². The van der Waals surface area contributed by atoms with Crippen LogP contribution in [0.25, 0.3) is 0 Å². The van der Waals surface area contributed by atoms with Crippen LogP contribution in [0.2, 0.25) is 0 Å². The van der Waals surface area contributed by atoms with Crippen LogP contribution in [0.15, 0.2) is 28.7 Å². The van der Waals surface area contributed by atoms with Crippen LogP contribution in [-0.4, -0.2) is 17.9 Å². The Balaban J connectivity index is 1.97. The minimum Gasteiger partial charge on any atom is -0.344 e. The van der Waals surface area contributed by atoms with Crippen molar-refractivity contribution in [3.8, 4) is 0 Å². The van der Waals surface area contributed by atoms with E-state index in [0.717, 1.165) is 10.2 Å². The summed E-state index contributed by atoms with van der Waals surface area (Å²) in [7, 11) is 0. The van der Waals surface area contributed by atoms with E-state index in [2.05, 4.69) is 26.6 Å². The van der Waals surface area contributed by atoms with E-state index in [1.54, 1.807) is 12.1 Å². The van der Waals surface area contributed by atoms with Gasteiger partial charge >= 0.3 is 0 Å². The van der Waals surface area contributed by atoms with Crippen LogP contribution in [0, 0.1) is 0 Å². The van der Waals surface area contributed by atoms with E-state index in [0.29, 0.717) is 12.8 Å². The normalized spacial score (nSPS) is 19.3. The molecule has 4 nitrogen and oxygen atoms in total. The molecule has 1 heterocycles. The maximum Gasteiger partial charge on any atom is 0.246 e. The van der Waals surface area contributed by atoms with Crippen LogP contribution in [0.5, 0.6) is 0 Å². The number of anilines is 1. The highest BCUT2D eigenvalue weighted by Crippen LogP contribution is 2.15. The monoisotopic (exact) mass is 282 g/mol. The molecular weight excluding hydrogens is 272 g/mol. The fraction of sp³-hybridized carbons (Fsp3) is 0.273. The topological polar surface area (TPSA) is 58.2 Å². The SMILES string of the molecule is O=C1CCC(C(=O)Nc2ccc(Br)cc2)N1. The molecule has 1 aliphatic heterocycles. The van der Waals surface area contributed by atoms with E-state index in [1.165, 1.54) is 0 Å². The van der Waals surface area contributed by atoms with E-state index in [-0.39, 0.29) is 11.8 Å². The molecule has 1 atom stereocenters. The third-order valence-electron chi connectivity index (χ3n) is 2.42. The summed E-state index contributed by atoms with van der Waals surface area (Å²) in [6.45, 7) is 0. The van der Waals surface area contributed by atoms with Crippen LogP contribution in [0.4, 0.5) is 5.69 Å². The Morgan fingerprint density at radius 3 is 2.62 bits per heavy atom. The van der Waals surface area contributed by atoms with Gasteiger partial charge in [0.2, 0.25) is 11.8 Å². The van der Waals surface area contributed by atoms with Gasteiger partial charge in [0.25, 0.3) is 0 Å². The summed E-state index contributed by atoms with van der Waals surface area (Å²) in [4.78, 5) is 22.7. The van der Waals surface area contributed by atoms with Gasteiger partial charge in [-0.25, -0.2) is 0 Å². The van der Waals surface area contributed by atoms with Crippen molar-refractivity contribution in [2.24, 2.45) is 0 Å². The molecule has 16 heavy (non-hydrogen) atoms. The second kappa shape index (κ2) is 4.65. The molecule has 0 radical (unpaired) electrons. The molecule has 5 heteroatoms. The van der Waals surface area contributed by atoms with Gasteiger partial charge < -0.3 is 10.6 Å². The molecule has 2 rings (SSSR count). The molecule has 1 fully saturated rings. The fourth-order valence-electron chi connectivity index (χ4n) is 1.57. The second-order valence-corrected chi connectivity index (χ2v) is 4.57. The Morgan fingerprint density at radius 2 is 2.06 bits per heavy atom. The van der Waals surface area contributed by atoms with Crippen molar-refractivity contribution in [3.63, 3.8) is 0 Å². The van der Waals surface area contributed by atoms with Gasteiger partial charge in [0.15, 0.2) is 0 Å². The molecule has 1 aromatic rings. The molecule has 0 aromatic heterocycles. The standard InChI is InChI=1S/C11H11BrN2O2/c12-7-1-3-8(4-2-7)13-11(16)9-5-6-10(15)14-9/h1-4,9H,5-6H2,(H,13,16)(H,14,15). The third-order valence-corrected chi connectivity index (χ3v) is 2.95. The first-order valence-corrected chi connectivity index (χ1v) is 5.80. The molecule has 1 unspecified atom stereocenters. The van der Waals surface area contributed by atoms with Crippen LogP contribution in [-0.2, 0) is 9.59 Å². The number of amides is 2. The lowest BCUT2D eigenvalue weighted by atomic mass is 10.2. The maximum atomic E-state index is 11.7. The first-order chi connectivity index (χ1) is 7.65. The molecule has 2 amide bonds. The number of carbonyl (C=O) groups excluding carboxylic acids is 2. The number of benzene rings is 1. The average molecular weight is 283 g/mol. The van der Waals surface area contributed by atoms with E-state index in [4.69, 9.17) is 0 Å². The van der Waals surface area contributed by atoms with Crippen LogP contribution >= 0.6 is 15.9 Å². The number of halogens is 1. The minimum atomic E-state index is -0.392. The number of hydrogen-bond donors (Lipinski definition) is 2. The zero-order chi connectivity index (χ0) is 11.5. The summed E-state index contributed by atoms with van der Waals surface area (Å²) < 4.78 is 0.958. The molecule has 0 spiro atoms. The van der Waals surface area contributed by atoms with E-state index in [1.807, 2.05) is 12.1 Å². The predicted octanol–water partition coefficient (Wildman–Crippen LogP) is 1.67. The van der Waals surface area contributed by atoms with Gasteiger partial charge in [0, 0.05) is 16.6 Å². The van der Waals surface area contributed by atoms with Crippen LogP contribution < -0.4 is 10.6 Å². The lowest BCUT2D eigenvalue weighted by Gasteiger charge is -2.10. The lowest BCUT2D eigenvalue weighted by Crippen LogP contribution is -2.37. The number of nitrogens with one attached hydrogen (secondary N) is 2. The molecule has 1 aromatic carbocycles. The van der Waals surface area contributed by atoms with Crippen molar-refractivity contribution in [1.82, 2.24) is 5.32 Å². The Bertz CT molecular complexity index is 416. The van der Waals surface area contributed by atoms with Gasteiger partial charge in [-0.05, 0) is 30.7 Å². The smallest absolute Gasteiger partial charge is 0.246 e. The highest BCUT2D eigenvalue weighted by Gasteiger charge is 2.26. The Morgan fingerprint density at radius 1 is 1.38 bits per heavy atom. The molecule has 1 saturated heterocycles. The molecule has 0 bridgehead atoms. The molecule has 0 aliphatic carbocycles. The Hall–Kier alpha value is -1.36. The summed E-state index contributed by atoms with van der Waals surface area (Å²) in [5.41, 5.74) is 0.731. The Kier molecular flexibility index (Phi) is 3.24. The maximum absolute atomic E-state index is 11.7. The minimum absolute atomic E-state index is 0.0593. The summed E-state index contributed by atoms with van der Waals surface area (Å²) in [6.07, 6.45) is 1.000. The largest absolute Gasteiger partial charge is 0.344 e. The highest BCUT2D eigenvalue weighted by atomic mass is 79.9.